The van der Waals surface area contributed by atoms with Crippen LogP contribution in [0.1, 0.15) is 5.56 Å². The van der Waals surface area contributed by atoms with Crippen molar-refractivity contribution in [2.24, 2.45) is 5.10 Å². The zero-order valence-corrected chi connectivity index (χ0v) is 16.0. The molecule has 0 spiro atoms. The number of ether oxygens (including phenoxy) is 2. The highest BCUT2D eigenvalue weighted by Crippen LogP contribution is 2.33. The smallest absolute Gasteiger partial charge is 0.174 e. The lowest BCUT2D eigenvalue weighted by atomic mass is 10.2. The fraction of sp³-hybridized carbons (Fsp3) is 0.111. The summed E-state index contributed by atoms with van der Waals surface area (Å²) in [5.41, 5.74) is 5.88. The molecule has 1 N–H and O–H groups in total. The molecule has 0 saturated carbocycles. The van der Waals surface area contributed by atoms with Gasteiger partial charge < -0.3 is 14.0 Å². The van der Waals surface area contributed by atoms with E-state index in [2.05, 4.69) is 38.1 Å². The highest BCUT2D eigenvalue weighted by atomic mass is 127. The fourth-order valence-electron chi connectivity index (χ4n) is 2.31. The molecule has 0 bridgehead atoms. The summed E-state index contributed by atoms with van der Waals surface area (Å²) in [6.45, 7) is 0. The molecule has 0 amide bonds. The third kappa shape index (κ3) is 4.11. The maximum absolute atomic E-state index is 5.35. The van der Waals surface area contributed by atoms with E-state index in [1.165, 1.54) is 0 Å². The second kappa shape index (κ2) is 8.02. The van der Waals surface area contributed by atoms with Crippen molar-refractivity contribution in [2.45, 2.75) is 0 Å². The Morgan fingerprint density at radius 2 is 1.96 bits per heavy atom. The molecular weight excluding hydrogens is 431 g/mol. The Hall–Kier alpha value is -2.55. The van der Waals surface area contributed by atoms with Crippen LogP contribution in [-0.2, 0) is 0 Å². The zero-order chi connectivity index (χ0) is 17.6. The molecule has 0 aliphatic heterocycles. The van der Waals surface area contributed by atoms with Gasteiger partial charge in [0.25, 0.3) is 0 Å². The number of methoxy groups -OCH3 is 2. The Morgan fingerprint density at radius 3 is 2.60 bits per heavy atom. The van der Waals surface area contributed by atoms with E-state index in [4.69, 9.17) is 9.47 Å². The molecule has 7 heteroatoms. The normalized spacial score (nSPS) is 10.8. The number of benzene rings is 2. The van der Waals surface area contributed by atoms with Crippen LogP contribution >= 0.6 is 22.6 Å². The third-order valence-corrected chi connectivity index (χ3v) is 4.33. The molecule has 0 unspecified atom stereocenters. The van der Waals surface area contributed by atoms with E-state index in [-0.39, 0.29) is 0 Å². The molecule has 0 aliphatic carbocycles. The topological polar surface area (TPSA) is 60.7 Å². The van der Waals surface area contributed by atoms with E-state index in [0.29, 0.717) is 5.75 Å². The lowest BCUT2D eigenvalue weighted by Crippen LogP contribution is -1.97. The Bertz CT molecular complexity index is 862. The first kappa shape index (κ1) is 17.3. The van der Waals surface area contributed by atoms with Crippen LogP contribution in [-0.4, -0.2) is 30.0 Å². The molecule has 6 nitrogen and oxygen atoms in total. The van der Waals surface area contributed by atoms with Gasteiger partial charge in [-0.25, -0.2) is 4.98 Å². The molecule has 2 aromatic carbocycles. The standard InChI is InChI=1S/C18H17IN4O2/c1-24-17-10-13(9-16(19)18(17)25-2)11-21-22-14-3-5-15(6-4-14)23-8-7-20-12-23/h3-12,22H,1-2H3. The molecule has 0 aliphatic rings. The van der Waals surface area contributed by atoms with Crippen LogP contribution in [0.15, 0.2) is 60.2 Å². The van der Waals surface area contributed by atoms with Gasteiger partial charge in [-0.05, 0) is 64.6 Å². The molecule has 1 heterocycles. The first-order valence-corrected chi connectivity index (χ1v) is 8.58. The lowest BCUT2D eigenvalue weighted by Gasteiger charge is -2.10. The van der Waals surface area contributed by atoms with Crippen molar-refractivity contribution in [3.63, 3.8) is 0 Å². The number of imidazole rings is 1. The zero-order valence-electron chi connectivity index (χ0n) is 13.8. The number of rotatable bonds is 6. The lowest BCUT2D eigenvalue weighted by molar-refractivity contribution is 0.353. The van der Waals surface area contributed by atoms with Gasteiger partial charge in [0.15, 0.2) is 11.5 Å². The van der Waals surface area contributed by atoms with E-state index in [9.17, 15) is 0 Å². The molecule has 0 atom stereocenters. The molecule has 25 heavy (non-hydrogen) atoms. The van der Waals surface area contributed by atoms with Crippen molar-refractivity contribution in [3.05, 3.63) is 64.3 Å². The molecule has 0 fully saturated rings. The van der Waals surface area contributed by atoms with Gasteiger partial charge in [0.05, 0.1) is 36.0 Å². The first-order valence-electron chi connectivity index (χ1n) is 7.50. The van der Waals surface area contributed by atoms with Crippen LogP contribution in [0.5, 0.6) is 11.5 Å². The Labute approximate surface area is 159 Å². The van der Waals surface area contributed by atoms with E-state index < -0.39 is 0 Å². The van der Waals surface area contributed by atoms with Crippen LogP contribution in [0.4, 0.5) is 5.69 Å². The number of aromatic nitrogens is 2. The van der Waals surface area contributed by atoms with E-state index in [1.54, 1.807) is 33.0 Å². The average molecular weight is 448 g/mol. The third-order valence-electron chi connectivity index (χ3n) is 3.53. The summed E-state index contributed by atoms with van der Waals surface area (Å²) in [7, 11) is 3.25. The van der Waals surface area contributed by atoms with Crippen molar-refractivity contribution in [2.75, 3.05) is 19.6 Å². The number of hydrogen-bond donors (Lipinski definition) is 1. The number of hydrogen-bond acceptors (Lipinski definition) is 5. The summed E-state index contributed by atoms with van der Waals surface area (Å²) in [5.74, 6) is 1.41. The second-order valence-electron chi connectivity index (χ2n) is 5.13. The first-order chi connectivity index (χ1) is 12.2. The minimum atomic E-state index is 0.681. The maximum Gasteiger partial charge on any atom is 0.174 e. The van der Waals surface area contributed by atoms with E-state index >= 15 is 0 Å². The summed E-state index contributed by atoms with van der Waals surface area (Å²) < 4.78 is 13.6. The number of halogens is 1. The Kier molecular flexibility index (Phi) is 5.54. The summed E-state index contributed by atoms with van der Waals surface area (Å²) in [4.78, 5) is 4.04. The number of anilines is 1. The van der Waals surface area contributed by atoms with Gasteiger partial charge in [-0.15, -0.1) is 0 Å². The Balaban J connectivity index is 1.70. The van der Waals surface area contributed by atoms with Gasteiger partial charge in [0.2, 0.25) is 0 Å². The van der Waals surface area contributed by atoms with Crippen molar-refractivity contribution in [1.82, 2.24) is 9.55 Å². The van der Waals surface area contributed by atoms with Gasteiger partial charge in [-0.1, -0.05) is 0 Å². The van der Waals surface area contributed by atoms with Gasteiger partial charge in [-0.2, -0.15) is 5.10 Å². The maximum atomic E-state index is 5.35. The largest absolute Gasteiger partial charge is 0.493 e. The van der Waals surface area contributed by atoms with Crippen LogP contribution in [0, 0.1) is 3.57 Å². The van der Waals surface area contributed by atoms with Gasteiger partial charge in [0.1, 0.15) is 0 Å². The molecule has 3 rings (SSSR count). The SMILES string of the molecule is COc1cc(C=NNc2ccc(-n3ccnc3)cc2)cc(I)c1OC. The number of nitrogens with one attached hydrogen (secondary N) is 1. The van der Waals surface area contributed by atoms with Crippen molar-refractivity contribution in [1.29, 1.82) is 0 Å². The molecule has 128 valence electrons. The van der Waals surface area contributed by atoms with Gasteiger partial charge >= 0.3 is 0 Å². The molecule has 1 aromatic heterocycles. The summed E-state index contributed by atoms with van der Waals surface area (Å²) in [5, 5.41) is 4.28. The monoisotopic (exact) mass is 448 g/mol. The average Bonchev–Trinajstić information content (AvgIpc) is 3.16. The molecule has 0 saturated heterocycles. The van der Waals surface area contributed by atoms with Crippen molar-refractivity contribution in [3.8, 4) is 17.2 Å². The van der Waals surface area contributed by atoms with Crippen LogP contribution in [0.3, 0.4) is 0 Å². The molecule has 3 aromatic rings. The minimum Gasteiger partial charge on any atom is -0.493 e. The highest BCUT2D eigenvalue weighted by Gasteiger charge is 2.09. The van der Waals surface area contributed by atoms with Crippen LogP contribution in [0.25, 0.3) is 5.69 Å². The fourth-order valence-corrected chi connectivity index (χ4v) is 3.16. The van der Waals surface area contributed by atoms with E-state index in [1.807, 2.05) is 47.2 Å². The van der Waals surface area contributed by atoms with Crippen molar-refractivity contribution >= 4 is 34.5 Å². The van der Waals surface area contributed by atoms with Gasteiger partial charge in [0, 0.05) is 18.1 Å². The van der Waals surface area contributed by atoms with Crippen LogP contribution in [0.2, 0.25) is 0 Å². The number of nitrogens with zero attached hydrogens (tertiary/aromatic N) is 3. The highest BCUT2D eigenvalue weighted by molar-refractivity contribution is 14.1. The molecular formula is C18H17IN4O2. The summed E-state index contributed by atoms with van der Waals surface area (Å²) in [6, 6.07) is 11.8. The quantitative estimate of drug-likeness (QED) is 0.353. The van der Waals surface area contributed by atoms with Crippen molar-refractivity contribution < 1.29 is 9.47 Å². The predicted octanol–water partition coefficient (Wildman–Crippen LogP) is 3.94. The van der Waals surface area contributed by atoms with E-state index in [0.717, 1.165) is 26.3 Å². The molecule has 0 radical (unpaired) electrons. The van der Waals surface area contributed by atoms with Crippen LogP contribution < -0.4 is 14.9 Å². The Morgan fingerprint density at radius 1 is 1.16 bits per heavy atom. The number of hydrazone groups is 1. The van der Waals surface area contributed by atoms with Gasteiger partial charge in [-0.3, -0.25) is 5.43 Å². The second-order valence-corrected chi connectivity index (χ2v) is 6.29. The minimum absolute atomic E-state index is 0.681. The summed E-state index contributed by atoms with van der Waals surface area (Å²) in [6.07, 6.45) is 7.16. The predicted molar refractivity (Wildman–Crippen MR) is 107 cm³/mol. The summed E-state index contributed by atoms with van der Waals surface area (Å²) >= 11 is 2.21.